The van der Waals surface area contributed by atoms with Crippen molar-refractivity contribution in [2.24, 2.45) is 0 Å². The normalized spacial score (nSPS) is 17.2. The van der Waals surface area contributed by atoms with Gasteiger partial charge in [0.2, 0.25) is 0 Å². The fourth-order valence-corrected chi connectivity index (χ4v) is 3.78. The summed E-state index contributed by atoms with van der Waals surface area (Å²) in [4.78, 5) is 11.2. The van der Waals surface area contributed by atoms with Crippen LogP contribution in [0.4, 0.5) is 0 Å². The zero-order valence-corrected chi connectivity index (χ0v) is 16.0. The van der Waals surface area contributed by atoms with Gasteiger partial charge in [-0.1, -0.05) is 42.0 Å². The first-order chi connectivity index (χ1) is 13.7. The van der Waals surface area contributed by atoms with Crippen molar-refractivity contribution in [2.45, 2.75) is 19.1 Å². The Labute approximate surface area is 165 Å². The number of hydrogen-bond donors (Lipinski definition) is 1. The standard InChI is InChI=1S/C23H25N3O2/c1-17-6-8-18(9-7-17)21-20(5-3-11-25-21)23(27)22(19-4-2-10-24-16-19)26-12-14-28-15-13-26/h2-11,16,22-23,27H,12-15H2,1H3/t22-,23+/m0/s1. The predicted octanol–water partition coefficient (Wildman–Crippen LogP) is 3.56. The molecule has 0 bridgehead atoms. The molecule has 4 rings (SSSR count). The first-order valence-corrected chi connectivity index (χ1v) is 9.66. The minimum absolute atomic E-state index is 0.203. The molecule has 1 saturated heterocycles. The lowest BCUT2D eigenvalue weighted by atomic mass is 9.92. The molecule has 0 saturated carbocycles. The van der Waals surface area contributed by atoms with Crippen molar-refractivity contribution < 1.29 is 9.84 Å². The third-order valence-corrected chi connectivity index (χ3v) is 5.25. The minimum atomic E-state index is -0.729. The molecular formula is C23H25N3O2. The molecule has 2 atom stereocenters. The van der Waals surface area contributed by atoms with Crippen LogP contribution in [0.1, 0.15) is 28.8 Å². The number of rotatable bonds is 5. The third kappa shape index (κ3) is 3.97. The number of morpholine rings is 1. The second-order valence-electron chi connectivity index (χ2n) is 7.13. The number of ether oxygens (including phenoxy) is 1. The van der Waals surface area contributed by atoms with Gasteiger partial charge in [-0.2, -0.15) is 0 Å². The smallest absolute Gasteiger partial charge is 0.101 e. The fourth-order valence-electron chi connectivity index (χ4n) is 3.78. The largest absolute Gasteiger partial charge is 0.386 e. The van der Waals surface area contributed by atoms with E-state index in [1.807, 2.05) is 30.5 Å². The van der Waals surface area contributed by atoms with E-state index in [1.165, 1.54) is 5.56 Å². The lowest BCUT2D eigenvalue weighted by molar-refractivity contribution is -0.0238. The maximum absolute atomic E-state index is 11.5. The van der Waals surface area contributed by atoms with E-state index < -0.39 is 6.10 Å². The number of aromatic nitrogens is 2. The Hall–Kier alpha value is -2.60. The summed E-state index contributed by atoms with van der Waals surface area (Å²) in [5.74, 6) is 0. The second-order valence-corrected chi connectivity index (χ2v) is 7.13. The van der Waals surface area contributed by atoms with E-state index in [4.69, 9.17) is 4.74 Å². The fraction of sp³-hybridized carbons (Fsp3) is 0.304. The van der Waals surface area contributed by atoms with Crippen LogP contribution in [-0.4, -0.2) is 46.3 Å². The highest BCUT2D eigenvalue weighted by Gasteiger charge is 2.32. The van der Waals surface area contributed by atoms with E-state index in [-0.39, 0.29) is 6.04 Å². The molecule has 144 valence electrons. The van der Waals surface area contributed by atoms with Crippen molar-refractivity contribution in [3.63, 3.8) is 0 Å². The van der Waals surface area contributed by atoms with Crippen molar-refractivity contribution in [1.29, 1.82) is 0 Å². The van der Waals surface area contributed by atoms with Gasteiger partial charge in [0.25, 0.3) is 0 Å². The van der Waals surface area contributed by atoms with Gasteiger partial charge in [0.15, 0.2) is 0 Å². The van der Waals surface area contributed by atoms with Gasteiger partial charge in [0.1, 0.15) is 6.10 Å². The Balaban J connectivity index is 1.75. The second kappa shape index (κ2) is 8.61. The molecule has 1 fully saturated rings. The molecule has 0 spiro atoms. The molecule has 1 aliphatic heterocycles. The number of hydrogen-bond acceptors (Lipinski definition) is 5. The summed E-state index contributed by atoms with van der Waals surface area (Å²) in [5, 5.41) is 11.5. The van der Waals surface area contributed by atoms with Crippen LogP contribution in [0.2, 0.25) is 0 Å². The quantitative estimate of drug-likeness (QED) is 0.739. The van der Waals surface area contributed by atoms with Gasteiger partial charge >= 0.3 is 0 Å². The first-order valence-electron chi connectivity index (χ1n) is 9.66. The summed E-state index contributed by atoms with van der Waals surface area (Å²) in [6.45, 7) is 4.95. The van der Waals surface area contributed by atoms with Gasteiger partial charge in [0, 0.05) is 42.8 Å². The number of benzene rings is 1. The zero-order chi connectivity index (χ0) is 19.3. The molecule has 5 heteroatoms. The van der Waals surface area contributed by atoms with Crippen molar-refractivity contribution in [2.75, 3.05) is 26.3 Å². The Bertz CT molecular complexity index is 893. The summed E-state index contributed by atoms with van der Waals surface area (Å²) in [6.07, 6.45) is 4.64. The minimum Gasteiger partial charge on any atom is -0.386 e. The molecule has 1 aromatic carbocycles. The van der Waals surface area contributed by atoms with Crippen molar-refractivity contribution in [3.05, 3.63) is 83.8 Å². The highest BCUT2D eigenvalue weighted by molar-refractivity contribution is 5.64. The van der Waals surface area contributed by atoms with Crippen LogP contribution in [0, 0.1) is 6.92 Å². The number of aliphatic hydroxyl groups excluding tert-OH is 1. The molecule has 0 amide bonds. The lowest BCUT2D eigenvalue weighted by Gasteiger charge is -2.37. The van der Waals surface area contributed by atoms with Gasteiger partial charge in [-0.3, -0.25) is 14.9 Å². The molecule has 0 aliphatic carbocycles. The van der Waals surface area contributed by atoms with Gasteiger partial charge in [-0.05, 0) is 24.6 Å². The van der Waals surface area contributed by atoms with Crippen LogP contribution < -0.4 is 0 Å². The summed E-state index contributed by atoms with van der Waals surface area (Å²) < 4.78 is 5.52. The van der Waals surface area contributed by atoms with Crippen molar-refractivity contribution in [3.8, 4) is 11.3 Å². The Kier molecular flexibility index (Phi) is 5.76. The summed E-state index contributed by atoms with van der Waals surface area (Å²) >= 11 is 0. The average molecular weight is 375 g/mol. The first kappa shape index (κ1) is 18.7. The molecule has 3 aromatic rings. The number of aliphatic hydroxyl groups is 1. The van der Waals surface area contributed by atoms with Gasteiger partial charge < -0.3 is 9.84 Å². The molecule has 1 aliphatic rings. The molecule has 1 N–H and O–H groups in total. The van der Waals surface area contributed by atoms with Crippen LogP contribution in [0.5, 0.6) is 0 Å². The van der Waals surface area contributed by atoms with Crippen LogP contribution >= 0.6 is 0 Å². The molecule has 3 heterocycles. The van der Waals surface area contributed by atoms with Crippen molar-refractivity contribution >= 4 is 0 Å². The highest BCUT2D eigenvalue weighted by Crippen LogP contribution is 2.37. The van der Waals surface area contributed by atoms with E-state index in [1.54, 1.807) is 12.4 Å². The molecule has 28 heavy (non-hydrogen) atoms. The SMILES string of the molecule is Cc1ccc(-c2ncccc2[C@@H](O)[C@H](c2cccnc2)N2CCOCC2)cc1. The van der Waals surface area contributed by atoms with E-state index in [9.17, 15) is 5.11 Å². The zero-order valence-electron chi connectivity index (χ0n) is 16.0. The molecule has 5 nitrogen and oxygen atoms in total. The van der Waals surface area contributed by atoms with Crippen LogP contribution in [-0.2, 0) is 4.74 Å². The predicted molar refractivity (Wildman–Crippen MR) is 109 cm³/mol. The van der Waals surface area contributed by atoms with E-state index in [2.05, 4.69) is 46.1 Å². The van der Waals surface area contributed by atoms with E-state index in [0.717, 1.165) is 35.5 Å². The monoisotopic (exact) mass is 375 g/mol. The maximum Gasteiger partial charge on any atom is 0.101 e. The van der Waals surface area contributed by atoms with Crippen LogP contribution in [0.25, 0.3) is 11.3 Å². The molecule has 0 radical (unpaired) electrons. The topological polar surface area (TPSA) is 58.5 Å². The Morgan fingerprint density at radius 3 is 2.46 bits per heavy atom. The van der Waals surface area contributed by atoms with Crippen molar-refractivity contribution in [1.82, 2.24) is 14.9 Å². The average Bonchev–Trinajstić information content (AvgIpc) is 2.76. The number of nitrogens with zero attached hydrogens (tertiary/aromatic N) is 3. The van der Waals surface area contributed by atoms with Crippen LogP contribution in [0.3, 0.4) is 0 Å². The summed E-state index contributed by atoms with van der Waals surface area (Å²) in [5.41, 5.74) is 4.84. The van der Waals surface area contributed by atoms with E-state index in [0.29, 0.717) is 13.2 Å². The summed E-state index contributed by atoms with van der Waals surface area (Å²) in [6, 6.07) is 15.8. The van der Waals surface area contributed by atoms with Crippen LogP contribution in [0.15, 0.2) is 67.1 Å². The maximum atomic E-state index is 11.5. The van der Waals surface area contributed by atoms with Gasteiger partial charge in [-0.15, -0.1) is 0 Å². The third-order valence-electron chi connectivity index (χ3n) is 5.25. The Morgan fingerprint density at radius 1 is 1.00 bits per heavy atom. The highest BCUT2D eigenvalue weighted by atomic mass is 16.5. The molecular weight excluding hydrogens is 350 g/mol. The number of aryl methyl sites for hydroxylation is 1. The van der Waals surface area contributed by atoms with E-state index >= 15 is 0 Å². The van der Waals surface area contributed by atoms with Gasteiger partial charge in [-0.25, -0.2) is 0 Å². The lowest BCUT2D eigenvalue weighted by Crippen LogP contribution is -2.41. The van der Waals surface area contributed by atoms with Gasteiger partial charge in [0.05, 0.1) is 24.9 Å². The summed E-state index contributed by atoms with van der Waals surface area (Å²) in [7, 11) is 0. The molecule has 2 aromatic heterocycles. The number of pyridine rings is 2. The molecule has 0 unspecified atom stereocenters. The Morgan fingerprint density at radius 2 is 1.75 bits per heavy atom.